The highest BCUT2D eigenvalue weighted by Crippen LogP contribution is 2.49. The van der Waals surface area contributed by atoms with Crippen molar-refractivity contribution in [1.82, 2.24) is 4.57 Å². The molecule has 0 radical (unpaired) electrons. The lowest BCUT2D eigenvalue weighted by molar-refractivity contribution is -0.136. The van der Waals surface area contributed by atoms with Crippen LogP contribution in [0.3, 0.4) is 0 Å². The van der Waals surface area contributed by atoms with E-state index < -0.39 is 5.97 Å². The van der Waals surface area contributed by atoms with E-state index in [1.807, 2.05) is 42.5 Å². The first kappa shape index (κ1) is 17.9. The Morgan fingerprint density at radius 1 is 1.15 bits per heavy atom. The molecule has 0 amide bonds. The van der Waals surface area contributed by atoms with Crippen LogP contribution in [0.25, 0.3) is 11.1 Å². The second-order valence-electron chi connectivity index (χ2n) is 7.92. The van der Waals surface area contributed by atoms with Gasteiger partial charge in [-0.1, -0.05) is 67.9 Å². The Bertz CT molecular complexity index is 987. The van der Waals surface area contributed by atoms with Crippen LogP contribution in [-0.2, 0) is 17.6 Å². The van der Waals surface area contributed by atoms with Crippen molar-refractivity contribution < 1.29 is 9.90 Å². The molecule has 3 aromatic rings. The second kappa shape index (κ2) is 6.58. The lowest BCUT2D eigenvalue weighted by atomic mass is 9.79. The minimum atomic E-state index is -0.817. The van der Waals surface area contributed by atoms with Gasteiger partial charge in [0.2, 0.25) is 0 Å². The first-order valence-electron chi connectivity index (χ1n) is 9.12. The van der Waals surface area contributed by atoms with Gasteiger partial charge < -0.3 is 9.67 Å². The summed E-state index contributed by atoms with van der Waals surface area (Å²) in [4.78, 5) is 11.7. The number of halogens is 1. The fourth-order valence-corrected chi connectivity index (χ4v) is 4.56. The van der Waals surface area contributed by atoms with Gasteiger partial charge in [0, 0.05) is 22.0 Å². The molecule has 1 unspecified atom stereocenters. The van der Waals surface area contributed by atoms with Crippen LogP contribution in [0.4, 0.5) is 0 Å². The summed E-state index contributed by atoms with van der Waals surface area (Å²) in [6.45, 7) is 4.51. The van der Waals surface area contributed by atoms with Gasteiger partial charge >= 0.3 is 5.97 Å². The molecule has 1 aromatic heterocycles. The average molecular weight is 380 g/mol. The molecule has 0 bridgehead atoms. The number of aliphatic carboxylic acids is 1. The summed E-state index contributed by atoms with van der Waals surface area (Å²) in [5.74, 6) is -0.817. The van der Waals surface area contributed by atoms with E-state index in [0.29, 0.717) is 5.02 Å². The molecule has 4 rings (SSSR count). The third kappa shape index (κ3) is 3.17. The number of hydrogen-bond donors (Lipinski definition) is 1. The molecule has 1 N–H and O–H groups in total. The predicted molar refractivity (Wildman–Crippen MR) is 108 cm³/mol. The molecule has 27 heavy (non-hydrogen) atoms. The minimum Gasteiger partial charge on any atom is -0.481 e. The largest absolute Gasteiger partial charge is 0.481 e. The Balaban J connectivity index is 1.92. The Kier molecular flexibility index (Phi) is 4.35. The van der Waals surface area contributed by atoms with Crippen LogP contribution in [0.2, 0.25) is 5.02 Å². The number of carboxylic acid groups (broad SMARTS) is 1. The molecule has 2 heterocycles. The van der Waals surface area contributed by atoms with Crippen LogP contribution in [0.5, 0.6) is 0 Å². The summed E-state index contributed by atoms with van der Waals surface area (Å²) in [6.07, 6.45) is 0.907. The van der Waals surface area contributed by atoms with E-state index in [9.17, 15) is 9.90 Å². The van der Waals surface area contributed by atoms with E-state index in [0.717, 1.165) is 23.2 Å². The van der Waals surface area contributed by atoms with Crippen molar-refractivity contribution in [2.24, 2.45) is 5.41 Å². The molecular formula is C23H22ClNO2. The minimum absolute atomic E-state index is 0.00261. The third-order valence-corrected chi connectivity index (χ3v) is 5.70. The maximum absolute atomic E-state index is 11.7. The number of rotatable bonds is 4. The molecule has 2 aromatic carbocycles. The second-order valence-corrected chi connectivity index (χ2v) is 8.36. The maximum atomic E-state index is 11.7. The van der Waals surface area contributed by atoms with Crippen LogP contribution in [0.15, 0.2) is 60.7 Å². The van der Waals surface area contributed by atoms with E-state index in [2.05, 4.69) is 36.6 Å². The monoisotopic (exact) mass is 379 g/mol. The van der Waals surface area contributed by atoms with Gasteiger partial charge in [-0.2, -0.15) is 0 Å². The summed E-state index contributed by atoms with van der Waals surface area (Å²) >= 11 is 6.04. The number of carbonyl (C=O) groups is 1. The molecule has 0 saturated carbocycles. The number of nitrogens with zero attached hydrogens (tertiary/aromatic N) is 1. The first-order chi connectivity index (χ1) is 12.9. The zero-order valence-corrected chi connectivity index (χ0v) is 16.2. The van der Waals surface area contributed by atoms with Crippen LogP contribution < -0.4 is 0 Å². The number of benzene rings is 2. The maximum Gasteiger partial charge on any atom is 0.309 e. The molecule has 1 atom stereocenters. The van der Waals surface area contributed by atoms with Crippen molar-refractivity contribution in [3.63, 3.8) is 0 Å². The van der Waals surface area contributed by atoms with Crippen molar-refractivity contribution in [2.45, 2.75) is 32.7 Å². The normalized spacial score (nSPS) is 17.7. The van der Waals surface area contributed by atoms with E-state index in [1.165, 1.54) is 11.3 Å². The summed E-state index contributed by atoms with van der Waals surface area (Å²) in [5, 5.41) is 10.3. The third-order valence-electron chi connectivity index (χ3n) is 5.45. The molecule has 4 heteroatoms. The predicted octanol–water partition coefficient (Wildman–Crippen LogP) is 5.61. The number of aromatic nitrogens is 1. The first-order valence-corrected chi connectivity index (χ1v) is 9.50. The standard InChI is InChI=1S/C23H22ClNO2/c1-23(2)14-18-12-19(15-8-10-17(24)11-9-15)20(13-21(26)27)25(18)22(23)16-6-4-3-5-7-16/h3-12,22H,13-14H2,1-2H3,(H,26,27). The van der Waals surface area contributed by atoms with Crippen molar-refractivity contribution in [1.29, 1.82) is 0 Å². The average Bonchev–Trinajstić information content (AvgIpc) is 3.07. The summed E-state index contributed by atoms with van der Waals surface area (Å²) < 4.78 is 2.26. The molecule has 1 aliphatic heterocycles. The van der Waals surface area contributed by atoms with Crippen molar-refractivity contribution >= 4 is 17.6 Å². The molecule has 3 nitrogen and oxygen atoms in total. The van der Waals surface area contributed by atoms with Crippen molar-refractivity contribution in [2.75, 3.05) is 0 Å². The van der Waals surface area contributed by atoms with E-state index in [1.54, 1.807) is 0 Å². The van der Waals surface area contributed by atoms with Crippen molar-refractivity contribution in [3.8, 4) is 11.1 Å². The Morgan fingerprint density at radius 3 is 2.44 bits per heavy atom. The molecule has 0 fully saturated rings. The summed E-state index contributed by atoms with van der Waals surface area (Å²) in [7, 11) is 0. The fourth-order valence-electron chi connectivity index (χ4n) is 4.43. The lowest BCUT2D eigenvalue weighted by Crippen LogP contribution is -2.24. The number of carboxylic acids is 1. The topological polar surface area (TPSA) is 42.2 Å². The zero-order chi connectivity index (χ0) is 19.2. The summed E-state index contributed by atoms with van der Waals surface area (Å²) in [6, 6.07) is 20.3. The summed E-state index contributed by atoms with van der Waals surface area (Å²) in [5.41, 5.74) is 5.27. The van der Waals surface area contributed by atoms with Gasteiger partial charge in [0.1, 0.15) is 0 Å². The van der Waals surface area contributed by atoms with Gasteiger partial charge in [-0.25, -0.2) is 0 Å². The Morgan fingerprint density at radius 2 is 1.81 bits per heavy atom. The SMILES string of the molecule is CC1(C)Cc2cc(-c3ccc(Cl)cc3)c(CC(=O)O)n2C1c1ccccc1. The van der Waals surface area contributed by atoms with Gasteiger partial charge in [0.15, 0.2) is 0 Å². The number of fused-ring (bicyclic) bond motifs is 1. The Labute approximate surface area is 164 Å². The van der Waals surface area contributed by atoms with E-state index in [4.69, 9.17) is 11.6 Å². The van der Waals surface area contributed by atoms with Gasteiger partial charge in [0.25, 0.3) is 0 Å². The molecule has 1 aliphatic rings. The van der Waals surface area contributed by atoms with Crippen LogP contribution in [0, 0.1) is 5.41 Å². The van der Waals surface area contributed by atoms with Crippen LogP contribution in [-0.4, -0.2) is 15.6 Å². The van der Waals surface area contributed by atoms with Gasteiger partial charge in [-0.05, 0) is 41.2 Å². The highest BCUT2D eigenvalue weighted by Gasteiger charge is 2.42. The smallest absolute Gasteiger partial charge is 0.309 e. The van der Waals surface area contributed by atoms with E-state index >= 15 is 0 Å². The van der Waals surface area contributed by atoms with Crippen LogP contribution >= 0.6 is 11.6 Å². The van der Waals surface area contributed by atoms with Crippen LogP contribution in [0.1, 0.15) is 36.8 Å². The van der Waals surface area contributed by atoms with Crippen molar-refractivity contribution in [3.05, 3.63) is 82.6 Å². The highest BCUT2D eigenvalue weighted by atomic mass is 35.5. The number of hydrogen-bond acceptors (Lipinski definition) is 1. The van der Waals surface area contributed by atoms with Gasteiger partial charge in [-0.15, -0.1) is 0 Å². The molecule has 0 aliphatic carbocycles. The quantitative estimate of drug-likeness (QED) is 0.640. The molecule has 0 saturated heterocycles. The zero-order valence-electron chi connectivity index (χ0n) is 15.4. The highest BCUT2D eigenvalue weighted by molar-refractivity contribution is 6.30. The van der Waals surface area contributed by atoms with Gasteiger partial charge in [0.05, 0.1) is 12.5 Å². The van der Waals surface area contributed by atoms with E-state index in [-0.39, 0.29) is 17.9 Å². The molecule has 138 valence electrons. The molecular weight excluding hydrogens is 358 g/mol. The fraction of sp³-hybridized carbons (Fsp3) is 0.261. The Hall–Kier alpha value is -2.52. The molecule has 0 spiro atoms. The van der Waals surface area contributed by atoms with Gasteiger partial charge in [-0.3, -0.25) is 4.79 Å². The lowest BCUT2D eigenvalue weighted by Gasteiger charge is -2.30.